The molecule has 0 heterocycles. The van der Waals surface area contributed by atoms with E-state index in [9.17, 15) is 4.79 Å². The van der Waals surface area contributed by atoms with Crippen LogP contribution < -0.4 is 0 Å². The van der Waals surface area contributed by atoms with Crippen LogP contribution in [0, 0.1) is 11.3 Å². The van der Waals surface area contributed by atoms with E-state index in [1.54, 1.807) is 0 Å². The maximum Gasteiger partial charge on any atom is 0.312 e. The van der Waals surface area contributed by atoms with Crippen LogP contribution in [0.25, 0.3) is 0 Å². The Bertz CT molecular complexity index is 276. The minimum absolute atomic E-state index is 0.0903. The molecule has 0 saturated heterocycles. The number of rotatable bonds is 7. The van der Waals surface area contributed by atoms with Crippen LogP contribution in [-0.4, -0.2) is 12.1 Å². The van der Waals surface area contributed by atoms with E-state index in [0.717, 1.165) is 44.4 Å². The van der Waals surface area contributed by atoms with Crippen LogP contribution in [0.3, 0.4) is 0 Å². The smallest absolute Gasteiger partial charge is 0.312 e. The summed E-state index contributed by atoms with van der Waals surface area (Å²) >= 11 is 0. The third kappa shape index (κ3) is 3.52. The number of unbranched alkanes of at least 4 members (excludes halogenated alkanes) is 1. The number of ether oxygens (including phenoxy) is 1. The van der Waals surface area contributed by atoms with Crippen molar-refractivity contribution in [2.75, 3.05) is 0 Å². The standard InChI is InChI=1S/C17H30O2/c1-3-5-7-15(6-4-2)19-16(18)17-11-8-14(9-12-17)10-13-17/h14-15H,3-13H2,1-2H3. The summed E-state index contributed by atoms with van der Waals surface area (Å²) in [5.41, 5.74) is -0.0903. The molecule has 3 saturated carbocycles. The van der Waals surface area contributed by atoms with E-state index in [0.29, 0.717) is 0 Å². The van der Waals surface area contributed by atoms with Gasteiger partial charge in [0.2, 0.25) is 0 Å². The topological polar surface area (TPSA) is 26.3 Å². The molecule has 0 aliphatic heterocycles. The zero-order valence-corrected chi connectivity index (χ0v) is 12.7. The number of fused-ring (bicyclic) bond motifs is 3. The molecule has 3 aliphatic rings. The van der Waals surface area contributed by atoms with E-state index in [-0.39, 0.29) is 17.5 Å². The van der Waals surface area contributed by atoms with E-state index < -0.39 is 0 Å². The van der Waals surface area contributed by atoms with Gasteiger partial charge in [-0.2, -0.15) is 0 Å². The first kappa shape index (κ1) is 14.9. The number of esters is 1. The van der Waals surface area contributed by atoms with Crippen LogP contribution in [0.4, 0.5) is 0 Å². The van der Waals surface area contributed by atoms with Crippen molar-refractivity contribution in [3.05, 3.63) is 0 Å². The number of hydrogen-bond acceptors (Lipinski definition) is 2. The predicted molar refractivity (Wildman–Crippen MR) is 77.9 cm³/mol. The molecule has 0 radical (unpaired) electrons. The molecule has 1 atom stereocenters. The molecule has 2 nitrogen and oxygen atoms in total. The second kappa shape index (κ2) is 6.76. The van der Waals surface area contributed by atoms with E-state index in [2.05, 4.69) is 13.8 Å². The molecule has 110 valence electrons. The van der Waals surface area contributed by atoms with Gasteiger partial charge in [-0.3, -0.25) is 4.79 Å². The molecule has 2 bridgehead atoms. The second-order valence-electron chi connectivity index (χ2n) is 6.72. The highest BCUT2D eigenvalue weighted by Gasteiger charge is 2.47. The molecule has 0 aromatic heterocycles. The maximum absolute atomic E-state index is 12.6. The summed E-state index contributed by atoms with van der Waals surface area (Å²) in [5.74, 6) is 1.04. The van der Waals surface area contributed by atoms with Crippen molar-refractivity contribution in [3.8, 4) is 0 Å². The molecule has 2 heteroatoms. The van der Waals surface area contributed by atoms with Gasteiger partial charge in [-0.15, -0.1) is 0 Å². The average Bonchev–Trinajstić information content (AvgIpc) is 2.47. The Kier molecular flexibility index (Phi) is 5.29. The van der Waals surface area contributed by atoms with Crippen molar-refractivity contribution in [2.24, 2.45) is 11.3 Å². The van der Waals surface area contributed by atoms with Gasteiger partial charge in [-0.05, 0) is 57.3 Å². The molecular formula is C17H30O2. The summed E-state index contributed by atoms with van der Waals surface area (Å²) in [6.45, 7) is 4.38. The van der Waals surface area contributed by atoms with Crippen LogP contribution in [0.2, 0.25) is 0 Å². The highest BCUT2D eigenvalue weighted by atomic mass is 16.5. The van der Waals surface area contributed by atoms with Crippen LogP contribution >= 0.6 is 0 Å². The van der Waals surface area contributed by atoms with Crippen molar-refractivity contribution < 1.29 is 9.53 Å². The van der Waals surface area contributed by atoms with Crippen molar-refractivity contribution in [1.29, 1.82) is 0 Å². The Hall–Kier alpha value is -0.530. The van der Waals surface area contributed by atoms with Gasteiger partial charge < -0.3 is 4.74 Å². The number of hydrogen-bond donors (Lipinski definition) is 0. The van der Waals surface area contributed by atoms with Gasteiger partial charge in [0, 0.05) is 0 Å². The molecular weight excluding hydrogens is 236 g/mol. The molecule has 3 rings (SSSR count). The van der Waals surface area contributed by atoms with Crippen molar-refractivity contribution in [3.63, 3.8) is 0 Å². The van der Waals surface area contributed by atoms with Gasteiger partial charge in [0.1, 0.15) is 6.10 Å². The lowest BCUT2D eigenvalue weighted by Crippen LogP contribution is -2.42. The van der Waals surface area contributed by atoms with Crippen LogP contribution in [-0.2, 0) is 9.53 Å². The quantitative estimate of drug-likeness (QED) is 0.615. The summed E-state index contributed by atoms with van der Waals surface area (Å²) in [6, 6.07) is 0. The Labute approximate surface area is 118 Å². The van der Waals surface area contributed by atoms with Gasteiger partial charge >= 0.3 is 5.97 Å². The Morgan fingerprint density at radius 1 is 1.11 bits per heavy atom. The molecule has 1 unspecified atom stereocenters. The fourth-order valence-corrected chi connectivity index (χ4v) is 3.85. The third-order valence-corrected chi connectivity index (χ3v) is 5.29. The lowest BCUT2D eigenvalue weighted by atomic mass is 9.61. The Morgan fingerprint density at radius 3 is 2.26 bits per heavy atom. The lowest BCUT2D eigenvalue weighted by Gasteiger charge is -2.44. The molecule has 0 aromatic rings. The summed E-state index contributed by atoms with van der Waals surface area (Å²) in [6.07, 6.45) is 12.7. The average molecular weight is 266 g/mol. The molecule has 3 fully saturated rings. The lowest BCUT2D eigenvalue weighted by molar-refractivity contribution is -0.169. The fraction of sp³-hybridized carbons (Fsp3) is 0.941. The fourth-order valence-electron chi connectivity index (χ4n) is 3.85. The van der Waals surface area contributed by atoms with E-state index in [1.165, 1.54) is 32.1 Å². The van der Waals surface area contributed by atoms with Gasteiger partial charge in [0.05, 0.1) is 5.41 Å². The summed E-state index contributed by atoms with van der Waals surface area (Å²) in [7, 11) is 0. The van der Waals surface area contributed by atoms with Gasteiger partial charge in [0.25, 0.3) is 0 Å². The largest absolute Gasteiger partial charge is 0.462 e. The van der Waals surface area contributed by atoms with Crippen molar-refractivity contribution in [2.45, 2.75) is 90.6 Å². The SMILES string of the molecule is CCCCC(CCC)OC(=O)C12CCC(CC1)CC2. The molecule has 0 spiro atoms. The van der Waals surface area contributed by atoms with E-state index >= 15 is 0 Å². The molecule has 0 N–H and O–H groups in total. The summed E-state index contributed by atoms with van der Waals surface area (Å²) in [4.78, 5) is 12.6. The second-order valence-corrected chi connectivity index (χ2v) is 6.72. The third-order valence-electron chi connectivity index (χ3n) is 5.29. The van der Waals surface area contributed by atoms with Crippen LogP contribution in [0.15, 0.2) is 0 Å². The van der Waals surface area contributed by atoms with Crippen LogP contribution in [0.5, 0.6) is 0 Å². The zero-order valence-electron chi connectivity index (χ0n) is 12.7. The molecule has 19 heavy (non-hydrogen) atoms. The van der Waals surface area contributed by atoms with Gasteiger partial charge in [0.15, 0.2) is 0 Å². The van der Waals surface area contributed by atoms with Gasteiger partial charge in [-0.1, -0.05) is 33.1 Å². The molecule has 3 aliphatic carbocycles. The van der Waals surface area contributed by atoms with Crippen molar-refractivity contribution in [1.82, 2.24) is 0 Å². The maximum atomic E-state index is 12.6. The highest BCUT2D eigenvalue weighted by molar-refractivity contribution is 5.77. The predicted octanol–water partition coefficient (Wildman–Crippen LogP) is 4.86. The first-order chi connectivity index (χ1) is 9.20. The highest BCUT2D eigenvalue weighted by Crippen LogP contribution is 2.51. The number of carbonyl (C=O) groups excluding carboxylic acids is 1. The van der Waals surface area contributed by atoms with E-state index in [4.69, 9.17) is 4.74 Å². The summed E-state index contributed by atoms with van der Waals surface area (Å²) in [5, 5.41) is 0. The first-order valence-electron chi connectivity index (χ1n) is 8.41. The number of carbonyl (C=O) groups is 1. The Balaban J connectivity index is 1.90. The summed E-state index contributed by atoms with van der Waals surface area (Å²) < 4.78 is 5.91. The molecule has 0 aromatic carbocycles. The van der Waals surface area contributed by atoms with Crippen molar-refractivity contribution >= 4 is 5.97 Å². The first-order valence-corrected chi connectivity index (χ1v) is 8.41. The monoisotopic (exact) mass is 266 g/mol. The van der Waals surface area contributed by atoms with Crippen LogP contribution in [0.1, 0.15) is 84.5 Å². The van der Waals surface area contributed by atoms with E-state index in [1.807, 2.05) is 0 Å². The minimum atomic E-state index is -0.0903. The minimum Gasteiger partial charge on any atom is -0.462 e. The van der Waals surface area contributed by atoms with Gasteiger partial charge in [-0.25, -0.2) is 0 Å². The Morgan fingerprint density at radius 2 is 1.74 bits per heavy atom. The normalized spacial score (nSPS) is 31.2. The zero-order chi connectivity index (χ0) is 13.7. The molecule has 0 amide bonds.